The van der Waals surface area contributed by atoms with Gasteiger partial charge in [-0.2, -0.15) is 10.4 Å². The fraction of sp³-hybridized carbons (Fsp3) is 0.154. The Morgan fingerprint density at radius 2 is 2.26 bits per heavy atom. The molecule has 6 heteroatoms. The lowest BCUT2D eigenvalue weighted by molar-refractivity contribution is 0.0988. The van der Waals surface area contributed by atoms with Crippen molar-refractivity contribution < 1.29 is 4.79 Å². The molecule has 0 aliphatic carbocycles. The summed E-state index contributed by atoms with van der Waals surface area (Å²) in [5.74, 6) is -0.312. The summed E-state index contributed by atoms with van der Waals surface area (Å²) in [5, 5.41) is 12.9. The predicted octanol–water partition coefficient (Wildman–Crippen LogP) is 1.15. The van der Waals surface area contributed by atoms with E-state index in [0.29, 0.717) is 16.9 Å². The molecule has 0 saturated carbocycles. The Kier molecular flexibility index (Phi) is 3.21. The van der Waals surface area contributed by atoms with Gasteiger partial charge in [0.25, 0.3) is 5.91 Å². The summed E-state index contributed by atoms with van der Waals surface area (Å²) >= 11 is 0. The van der Waals surface area contributed by atoms with E-state index in [1.54, 1.807) is 44.6 Å². The lowest BCUT2D eigenvalue weighted by Gasteiger charge is -2.16. The second kappa shape index (κ2) is 4.82. The third kappa shape index (κ3) is 2.40. The number of anilines is 2. The molecule has 6 nitrogen and oxygen atoms in total. The van der Waals surface area contributed by atoms with Crippen molar-refractivity contribution in [3.8, 4) is 6.07 Å². The summed E-state index contributed by atoms with van der Waals surface area (Å²) in [6.45, 7) is 0. The Morgan fingerprint density at radius 3 is 2.84 bits per heavy atom. The summed E-state index contributed by atoms with van der Waals surface area (Å²) in [4.78, 5) is 13.7. The molecular formula is C13H13N5O. The smallest absolute Gasteiger partial charge is 0.280 e. The number of nitrogens with zero attached hydrogens (tertiary/aromatic N) is 4. The second-order valence-electron chi connectivity index (χ2n) is 4.13. The van der Waals surface area contributed by atoms with Crippen LogP contribution < -0.4 is 10.6 Å². The molecular weight excluding hydrogens is 242 g/mol. The Balaban J connectivity index is 2.33. The van der Waals surface area contributed by atoms with Gasteiger partial charge in [0.1, 0.15) is 0 Å². The number of nitrogen functional groups attached to an aromatic ring is 1. The Labute approximate surface area is 110 Å². The van der Waals surface area contributed by atoms with Gasteiger partial charge >= 0.3 is 0 Å². The minimum Gasteiger partial charge on any atom is -0.396 e. The van der Waals surface area contributed by atoms with Crippen LogP contribution in [0.15, 0.2) is 30.5 Å². The normalized spacial score (nSPS) is 9.95. The second-order valence-corrected chi connectivity index (χ2v) is 4.13. The van der Waals surface area contributed by atoms with E-state index in [2.05, 4.69) is 5.10 Å². The van der Waals surface area contributed by atoms with Crippen molar-refractivity contribution in [1.29, 1.82) is 5.26 Å². The van der Waals surface area contributed by atoms with Crippen LogP contribution in [-0.4, -0.2) is 22.7 Å². The van der Waals surface area contributed by atoms with Crippen LogP contribution in [0.5, 0.6) is 0 Å². The molecule has 1 aromatic carbocycles. The van der Waals surface area contributed by atoms with Crippen LogP contribution in [0.1, 0.15) is 16.1 Å². The first-order valence-corrected chi connectivity index (χ1v) is 5.60. The van der Waals surface area contributed by atoms with Crippen LogP contribution in [0.4, 0.5) is 11.4 Å². The summed E-state index contributed by atoms with van der Waals surface area (Å²) < 4.78 is 1.49. The zero-order valence-corrected chi connectivity index (χ0v) is 10.7. The van der Waals surface area contributed by atoms with Crippen molar-refractivity contribution in [3.63, 3.8) is 0 Å². The number of nitriles is 1. The van der Waals surface area contributed by atoms with Crippen LogP contribution in [-0.2, 0) is 7.05 Å². The Bertz CT molecular complexity index is 668. The number of carbonyl (C=O) groups excluding carboxylic acids is 1. The molecule has 0 aliphatic rings. The number of amides is 1. The molecule has 2 rings (SSSR count). The number of hydrogen-bond acceptors (Lipinski definition) is 4. The molecule has 96 valence electrons. The maximum absolute atomic E-state index is 12.3. The first-order valence-electron chi connectivity index (χ1n) is 5.60. The summed E-state index contributed by atoms with van der Waals surface area (Å²) in [6.07, 6.45) is 1.58. The quantitative estimate of drug-likeness (QED) is 0.871. The Hall–Kier alpha value is -2.81. The SMILES string of the molecule is CN(C(=O)c1nn(C)cc1N)c1cccc(C#N)c1. The van der Waals surface area contributed by atoms with Crippen molar-refractivity contribution in [2.75, 3.05) is 17.7 Å². The van der Waals surface area contributed by atoms with Crippen molar-refractivity contribution >= 4 is 17.3 Å². The highest BCUT2D eigenvalue weighted by Gasteiger charge is 2.19. The summed E-state index contributed by atoms with van der Waals surface area (Å²) in [5.41, 5.74) is 7.37. The Morgan fingerprint density at radius 1 is 1.53 bits per heavy atom. The molecule has 0 saturated heterocycles. The lowest BCUT2D eigenvalue weighted by atomic mass is 10.2. The highest BCUT2D eigenvalue weighted by molar-refractivity contribution is 6.07. The van der Waals surface area contributed by atoms with Gasteiger partial charge in [-0.05, 0) is 18.2 Å². The van der Waals surface area contributed by atoms with Crippen LogP contribution in [0, 0.1) is 11.3 Å². The largest absolute Gasteiger partial charge is 0.396 e. The average molecular weight is 255 g/mol. The number of aryl methyl sites for hydroxylation is 1. The van der Waals surface area contributed by atoms with Gasteiger partial charge in [0, 0.05) is 26.0 Å². The lowest BCUT2D eigenvalue weighted by Crippen LogP contribution is -2.27. The van der Waals surface area contributed by atoms with Crippen LogP contribution in [0.2, 0.25) is 0 Å². The molecule has 0 bridgehead atoms. The molecule has 0 radical (unpaired) electrons. The maximum atomic E-state index is 12.3. The van der Waals surface area contributed by atoms with E-state index in [4.69, 9.17) is 11.0 Å². The number of carbonyl (C=O) groups is 1. The minimum atomic E-state index is -0.312. The zero-order valence-electron chi connectivity index (χ0n) is 10.7. The number of nitrogens with two attached hydrogens (primary N) is 1. The molecule has 19 heavy (non-hydrogen) atoms. The first-order chi connectivity index (χ1) is 9.02. The van der Waals surface area contributed by atoms with Gasteiger partial charge in [0.05, 0.1) is 17.3 Å². The average Bonchev–Trinajstić information content (AvgIpc) is 2.76. The van der Waals surface area contributed by atoms with E-state index in [0.717, 1.165) is 0 Å². The molecule has 0 atom stereocenters. The van der Waals surface area contributed by atoms with Gasteiger partial charge in [-0.15, -0.1) is 0 Å². The van der Waals surface area contributed by atoms with E-state index in [1.807, 2.05) is 6.07 Å². The first kappa shape index (κ1) is 12.6. The fourth-order valence-electron chi connectivity index (χ4n) is 1.73. The molecule has 0 unspecified atom stereocenters. The standard InChI is InChI=1S/C13H13N5O/c1-17-8-11(15)12(16-17)13(19)18(2)10-5-3-4-9(6-10)7-14/h3-6,8H,15H2,1-2H3. The monoisotopic (exact) mass is 255 g/mol. The third-order valence-corrected chi connectivity index (χ3v) is 2.73. The van der Waals surface area contributed by atoms with Gasteiger partial charge < -0.3 is 10.6 Å². The van der Waals surface area contributed by atoms with Gasteiger partial charge in [-0.25, -0.2) is 0 Å². The number of aromatic nitrogens is 2. The van der Waals surface area contributed by atoms with Crippen molar-refractivity contribution in [3.05, 3.63) is 41.7 Å². The predicted molar refractivity (Wildman–Crippen MR) is 71.5 cm³/mol. The molecule has 1 amide bonds. The van der Waals surface area contributed by atoms with Gasteiger partial charge in [-0.1, -0.05) is 6.07 Å². The molecule has 2 N–H and O–H groups in total. The highest BCUT2D eigenvalue weighted by Crippen LogP contribution is 2.18. The van der Waals surface area contributed by atoms with Crippen LogP contribution in [0.3, 0.4) is 0 Å². The van der Waals surface area contributed by atoms with Crippen molar-refractivity contribution in [2.45, 2.75) is 0 Å². The van der Waals surface area contributed by atoms with E-state index in [1.165, 1.54) is 9.58 Å². The molecule has 0 aliphatic heterocycles. The molecule has 0 spiro atoms. The molecule has 2 aromatic rings. The number of benzene rings is 1. The topological polar surface area (TPSA) is 87.9 Å². The van der Waals surface area contributed by atoms with E-state index >= 15 is 0 Å². The van der Waals surface area contributed by atoms with E-state index in [9.17, 15) is 4.79 Å². The van der Waals surface area contributed by atoms with Crippen molar-refractivity contribution in [2.24, 2.45) is 7.05 Å². The molecule has 0 fully saturated rings. The van der Waals surface area contributed by atoms with Crippen LogP contribution >= 0.6 is 0 Å². The minimum absolute atomic E-state index is 0.201. The van der Waals surface area contributed by atoms with Gasteiger partial charge in [-0.3, -0.25) is 9.48 Å². The summed E-state index contributed by atoms with van der Waals surface area (Å²) in [7, 11) is 3.32. The van der Waals surface area contributed by atoms with E-state index < -0.39 is 0 Å². The van der Waals surface area contributed by atoms with Gasteiger partial charge in [0.2, 0.25) is 0 Å². The number of rotatable bonds is 2. The molecule has 1 heterocycles. The van der Waals surface area contributed by atoms with Crippen LogP contribution in [0.25, 0.3) is 0 Å². The highest BCUT2D eigenvalue weighted by atomic mass is 16.2. The fourth-order valence-corrected chi connectivity index (χ4v) is 1.73. The zero-order chi connectivity index (χ0) is 14.0. The maximum Gasteiger partial charge on any atom is 0.280 e. The summed E-state index contributed by atoms with van der Waals surface area (Å²) in [6, 6.07) is 8.82. The van der Waals surface area contributed by atoms with E-state index in [-0.39, 0.29) is 11.6 Å². The van der Waals surface area contributed by atoms with Gasteiger partial charge in [0.15, 0.2) is 5.69 Å². The third-order valence-electron chi connectivity index (χ3n) is 2.73. The van der Waals surface area contributed by atoms with Crippen molar-refractivity contribution in [1.82, 2.24) is 9.78 Å². The number of hydrogen-bond donors (Lipinski definition) is 1. The molecule has 1 aromatic heterocycles.